The molecule has 0 amide bonds. The molecule has 2 unspecified atom stereocenters. The number of hydrogen-bond donors (Lipinski definition) is 1. The van der Waals surface area contributed by atoms with E-state index in [2.05, 4.69) is 16.5 Å². The first-order chi connectivity index (χ1) is 8.65. The minimum atomic E-state index is 0.738. The normalized spacial score (nSPS) is 23.9. The fraction of sp³-hybridized carbons (Fsp3) is 0.500. The highest BCUT2D eigenvalue weighted by Gasteiger charge is 2.22. The van der Waals surface area contributed by atoms with Crippen molar-refractivity contribution in [2.45, 2.75) is 32.7 Å². The van der Waals surface area contributed by atoms with Gasteiger partial charge in [-0.3, -0.25) is 0 Å². The number of imidazole rings is 1. The zero-order valence-electron chi connectivity index (χ0n) is 10.4. The van der Waals surface area contributed by atoms with E-state index < -0.39 is 0 Å². The summed E-state index contributed by atoms with van der Waals surface area (Å²) in [5, 5.41) is 0.783. The molecule has 0 aliphatic heterocycles. The number of H-pyrrole nitrogens is 1. The molecule has 3 rings (SSSR count). The van der Waals surface area contributed by atoms with Crippen LogP contribution in [0.2, 0.25) is 5.02 Å². The smallest absolute Gasteiger partial charge is 0.178 e. The molecule has 0 saturated heterocycles. The van der Waals surface area contributed by atoms with Crippen molar-refractivity contribution in [3.63, 3.8) is 0 Å². The molecule has 1 aliphatic rings. The third-order valence-corrected chi connectivity index (χ3v) is 4.62. The Morgan fingerprint density at radius 2 is 2.28 bits per heavy atom. The summed E-state index contributed by atoms with van der Waals surface area (Å²) < 4.78 is 2.97. The Kier molecular flexibility index (Phi) is 3.20. The van der Waals surface area contributed by atoms with Crippen LogP contribution in [0.5, 0.6) is 0 Å². The largest absolute Gasteiger partial charge is 0.331 e. The topological polar surface area (TPSA) is 20.7 Å². The van der Waals surface area contributed by atoms with Crippen molar-refractivity contribution in [2.75, 3.05) is 0 Å². The van der Waals surface area contributed by atoms with Crippen LogP contribution >= 0.6 is 23.8 Å². The Morgan fingerprint density at radius 3 is 3.00 bits per heavy atom. The molecular formula is C14H17ClN2S. The molecule has 1 fully saturated rings. The molecule has 0 radical (unpaired) electrons. The number of halogens is 1. The highest BCUT2D eigenvalue weighted by atomic mass is 35.5. The average molecular weight is 281 g/mol. The second-order valence-corrected chi connectivity index (χ2v) is 6.25. The number of nitrogens with one attached hydrogen (secondary N) is 1. The third kappa shape index (κ3) is 2.10. The first kappa shape index (κ1) is 12.2. The van der Waals surface area contributed by atoms with Crippen molar-refractivity contribution in [1.29, 1.82) is 0 Å². The summed E-state index contributed by atoms with van der Waals surface area (Å²) >= 11 is 11.7. The second-order valence-electron chi connectivity index (χ2n) is 5.46. The van der Waals surface area contributed by atoms with E-state index in [0.29, 0.717) is 0 Å². The second kappa shape index (κ2) is 4.71. The van der Waals surface area contributed by atoms with Crippen LogP contribution in [-0.2, 0) is 6.54 Å². The Balaban J connectivity index is 2.01. The summed E-state index contributed by atoms with van der Waals surface area (Å²) in [6.45, 7) is 3.33. The number of hydrogen-bond acceptors (Lipinski definition) is 1. The fourth-order valence-corrected chi connectivity index (χ4v) is 3.65. The minimum Gasteiger partial charge on any atom is -0.331 e. The van der Waals surface area contributed by atoms with E-state index in [1.165, 1.54) is 19.3 Å². The van der Waals surface area contributed by atoms with E-state index in [4.69, 9.17) is 23.8 Å². The Morgan fingerprint density at radius 1 is 1.44 bits per heavy atom. The average Bonchev–Trinajstić information content (AvgIpc) is 2.85. The number of benzene rings is 1. The van der Waals surface area contributed by atoms with E-state index in [-0.39, 0.29) is 0 Å². The summed E-state index contributed by atoms with van der Waals surface area (Å²) in [5.41, 5.74) is 2.10. The standard InChI is InChI=1S/C14H17ClN2S/c1-9-5-6-10(7-9)8-17-13-11(15)3-2-4-12(13)16-14(17)18/h2-4,9-10H,5-8H2,1H3,(H,16,18). The lowest BCUT2D eigenvalue weighted by atomic mass is 10.1. The molecule has 2 nitrogen and oxygen atoms in total. The number of rotatable bonds is 2. The maximum atomic E-state index is 6.30. The fourth-order valence-electron chi connectivity index (χ4n) is 3.10. The lowest BCUT2D eigenvalue weighted by molar-refractivity contribution is 0.444. The van der Waals surface area contributed by atoms with Gasteiger partial charge in [-0.1, -0.05) is 31.0 Å². The van der Waals surface area contributed by atoms with Crippen molar-refractivity contribution in [1.82, 2.24) is 9.55 Å². The van der Waals surface area contributed by atoms with E-state index in [0.717, 1.165) is 39.2 Å². The molecule has 18 heavy (non-hydrogen) atoms. The van der Waals surface area contributed by atoms with E-state index in [9.17, 15) is 0 Å². The van der Waals surface area contributed by atoms with Crippen molar-refractivity contribution < 1.29 is 0 Å². The van der Waals surface area contributed by atoms with Crippen LogP contribution < -0.4 is 0 Å². The minimum absolute atomic E-state index is 0.738. The predicted molar refractivity (Wildman–Crippen MR) is 78.6 cm³/mol. The van der Waals surface area contributed by atoms with Crippen molar-refractivity contribution in [2.24, 2.45) is 11.8 Å². The van der Waals surface area contributed by atoms with Crippen molar-refractivity contribution in [3.8, 4) is 0 Å². The van der Waals surface area contributed by atoms with Crippen LogP contribution in [0.25, 0.3) is 11.0 Å². The SMILES string of the molecule is CC1CCC(Cn2c(=S)[nH]c3cccc(Cl)c32)C1. The maximum Gasteiger partial charge on any atom is 0.178 e. The van der Waals surface area contributed by atoms with E-state index >= 15 is 0 Å². The molecule has 0 bridgehead atoms. The van der Waals surface area contributed by atoms with Crippen molar-refractivity contribution in [3.05, 3.63) is 28.0 Å². The van der Waals surface area contributed by atoms with Gasteiger partial charge in [0.25, 0.3) is 0 Å². The first-order valence-corrected chi connectivity index (χ1v) is 7.31. The van der Waals surface area contributed by atoms with Crippen LogP contribution in [-0.4, -0.2) is 9.55 Å². The lowest BCUT2D eigenvalue weighted by Gasteiger charge is -2.12. The third-order valence-electron chi connectivity index (χ3n) is 3.99. The molecule has 1 saturated carbocycles. The van der Waals surface area contributed by atoms with Crippen molar-refractivity contribution >= 4 is 34.9 Å². The highest BCUT2D eigenvalue weighted by Crippen LogP contribution is 2.33. The van der Waals surface area contributed by atoms with E-state index in [1.807, 2.05) is 18.2 Å². The van der Waals surface area contributed by atoms with Gasteiger partial charge in [-0.15, -0.1) is 0 Å². The van der Waals surface area contributed by atoms with Crippen LogP contribution in [0, 0.1) is 16.6 Å². The van der Waals surface area contributed by atoms with Gasteiger partial charge in [0.15, 0.2) is 4.77 Å². The molecule has 96 valence electrons. The van der Waals surface area contributed by atoms with Gasteiger partial charge in [-0.2, -0.15) is 0 Å². The van der Waals surface area contributed by atoms with Gasteiger partial charge in [0, 0.05) is 6.54 Å². The van der Waals surface area contributed by atoms with Gasteiger partial charge < -0.3 is 9.55 Å². The van der Waals surface area contributed by atoms with Gasteiger partial charge in [-0.25, -0.2) is 0 Å². The molecule has 2 atom stereocenters. The molecular weight excluding hydrogens is 264 g/mol. The molecule has 2 aromatic rings. The molecule has 0 spiro atoms. The lowest BCUT2D eigenvalue weighted by Crippen LogP contribution is -2.08. The molecule has 1 N–H and O–H groups in total. The van der Waals surface area contributed by atoms with Crippen LogP contribution in [0.15, 0.2) is 18.2 Å². The van der Waals surface area contributed by atoms with Gasteiger partial charge in [0.1, 0.15) is 0 Å². The molecule has 4 heteroatoms. The molecule has 1 aliphatic carbocycles. The number of para-hydroxylation sites is 1. The predicted octanol–water partition coefficient (Wildman–Crippen LogP) is 4.79. The summed E-state index contributed by atoms with van der Waals surface area (Å²) in [5.74, 6) is 1.59. The molecule has 1 heterocycles. The summed E-state index contributed by atoms with van der Waals surface area (Å²) in [6, 6.07) is 5.92. The zero-order chi connectivity index (χ0) is 12.7. The van der Waals surface area contributed by atoms with E-state index in [1.54, 1.807) is 0 Å². The Labute approximate surface area is 117 Å². The molecule has 1 aromatic carbocycles. The first-order valence-electron chi connectivity index (χ1n) is 6.52. The maximum absolute atomic E-state index is 6.30. The van der Waals surface area contributed by atoms with Gasteiger partial charge >= 0.3 is 0 Å². The zero-order valence-corrected chi connectivity index (χ0v) is 12.0. The Bertz CT molecular complexity index is 628. The van der Waals surface area contributed by atoms with Crippen LogP contribution in [0.4, 0.5) is 0 Å². The number of fused-ring (bicyclic) bond motifs is 1. The monoisotopic (exact) mass is 280 g/mol. The van der Waals surface area contributed by atoms with Gasteiger partial charge in [0.2, 0.25) is 0 Å². The summed E-state index contributed by atoms with van der Waals surface area (Å²) in [6.07, 6.45) is 3.95. The molecule has 1 aromatic heterocycles. The highest BCUT2D eigenvalue weighted by molar-refractivity contribution is 7.71. The number of aromatic amines is 1. The summed E-state index contributed by atoms with van der Waals surface area (Å²) in [7, 11) is 0. The number of nitrogens with zero attached hydrogens (tertiary/aromatic N) is 1. The summed E-state index contributed by atoms with van der Waals surface area (Å²) in [4.78, 5) is 3.25. The quantitative estimate of drug-likeness (QED) is 0.785. The Hall–Kier alpha value is -0.800. The van der Waals surface area contributed by atoms with Crippen LogP contribution in [0.3, 0.4) is 0 Å². The van der Waals surface area contributed by atoms with Crippen LogP contribution in [0.1, 0.15) is 26.2 Å². The van der Waals surface area contributed by atoms with Gasteiger partial charge in [0.05, 0.1) is 16.1 Å². The van der Waals surface area contributed by atoms with Gasteiger partial charge in [-0.05, 0) is 49.0 Å². The number of aromatic nitrogens is 2.